The third-order valence-corrected chi connectivity index (χ3v) is 3.88. The van der Waals surface area contributed by atoms with Crippen molar-refractivity contribution in [3.8, 4) is 0 Å². The lowest BCUT2D eigenvalue weighted by molar-refractivity contribution is 0.413. The van der Waals surface area contributed by atoms with Crippen LogP contribution in [0, 0.1) is 0 Å². The summed E-state index contributed by atoms with van der Waals surface area (Å²) in [6.07, 6.45) is 6.83. The molecular formula is C15H26N4O. The van der Waals surface area contributed by atoms with E-state index in [4.69, 9.17) is 0 Å². The number of hydrogen-bond donors (Lipinski definition) is 1. The molecule has 0 amide bonds. The summed E-state index contributed by atoms with van der Waals surface area (Å²) in [4.78, 5) is 18.8. The van der Waals surface area contributed by atoms with Crippen LogP contribution in [0.2, 0.25) is 0 Å². The van der Waals surface area contributed by atoms with Gasteiger partial charge in [-0.1, -0.05) is 6.92 Å². The average Bonchev–Trinajstić information content (AvgIpc) is 2.46. The molecule has 0 saturated carbocycles. The zero-order valence-corrected chi connectivity index (χ0v) is 12.8. The van der Waals surface area contributed by atoms with Gasteiger partial charge in [0.05, 0.1) is 0 Å². The SMILES string of the molecule is CCCNC1CCN(c2nccn(C(C)C)c2=O)CC1. The molecule has 5 nitrogen and oxygen atoms in total. The first-order valence-electron chi connectivity index (χ1n) is 7.69. The number of aromatic nitrogens is 2. The standard InChI is InChI=1S/C15H26N4O/c1-4-7-16-13-5-9-18(10-6-13)14-15(20)19(12(2)3)11-8-17-14/h8,11-13,16H,4-7,9-10H2,1-3H3. The first kappa shape index (κ1) is 15.0. The van der Waals surface area contributed by atoms with Crippen LogP contribution in [0.4, 0.5) is 5.82 Å². The summed E-state index contributed by atoms with van der Waals surface area (Å²) in [5, 5.41) is 3.56. The van der Waals surface area contributed by atoms with Crippen molar-refractivity contribution in [2.45, 2.75) is 52.1 Å². The molecule has 0 atom stereocenters. The van der Waals surface area contributed by atoms with Gasteiger partial charge >= 0.3 is 0 Å². The predicted molar refractivity (Wildman–Crippen MR) is 82.4 cm³/mol. The second kappa shape index (κ2) is 6.88. The molecule has 20 heavy (non-hydrogen) atoms. The molecule has 1 fully saturated rings. The molecule has 0 radical (unpaired) electrons. The van der Waals surface area contributed by atoms with Gasteiger partial charge in [0.1, 0.15) is 0 Å². The molecule has 0 unspecified atom stereocenters. The van der Waals surface area contributed by atoms with Crippen LogP contribution in [0.25, 0.3) is 0 Å². The molecule has 2 rings (SSSR count). The van der Waals surface area contributed by atoms with Gasteiger partial charge < -0.3 is 14.8 Å². The van der Waals surface area contributed by atoms with E-state index in [9.17, 15) is 4.79 Å². The van der Waals surface area contributed by atoms with E-state index in [0.29, 0.717) is 11.9 Å². The fourth-order valence-corrected chi connectivity index (χ4v) is 2.68. The second-order valence-corrected chi connectivity index (χ2v) is 5.77. The molecule has 0 aliphatic carbocycles. The Morgan fingerprint density at radius 1 is 1.40 bits per heavy atom. The summed E-state index contributed by atoms with van der Waals surface area (Å²) < 4.78 is 1.75. The Balaban J connectivity index is 2.04. The van der Waals surface area contributed by atoms with Crippen LogP contribution in [0.15, 0.2) is 17.2 Å². The van der Waals surface area contributed by atoms with Crippen molar-refractivity contribution in [3.05, 3.63) is 22.7 Å². The Labute approximate surface area is 121 Å². The quantitative estimate of drug-likeness (QED) is 0.892. The minimum Gasteiger partial charge on any atom is -0.352 e. The van der Waals surface area contributed by atoms with E-state index in [1.54, 1.807) is 17.0 Å². The molecule has 1 aliphatic rings. The average molecular weight is 278 g/mol. The van der Waals surface area contributed by atoms with E-state index in [1.165, 1.54) is 6.42 Å². The number of rotatable bonds is 5. The number of anilines is 1. The van der Waals surface area contributed by atoms with Crippen molar-refractivity contribution in [2.24, 2.45) is 0 Å². The number of hydrogen-bond acceptors (Lipinski definition) is 4. The van der Waals surface area contributed by atoms with Gasteiger partial charge in [-0.25, -0.2) is 4.98 Å². The summed E-state index contributed by atoms with van der Waals surface area (Å²) >= 11 is 0. The smallest absolute Gasteiger partial charge is 0.293 e. The maximum atomic E-state index is 12.4. The molecule has 0 spiro atoms. The van der Waals surface area contributed by atoms with Gasteiger partial charge in [0, 0.05) is 37.6 Å². The molecule has 5 heteroatoms. The van der Waals surface area contributed by atoms with Crippen LogP contribution in [0.3, 0.4) is 0 Å². The minimum absolute atomic E-state index is 0.0301. The normalized spacial score (nSPS) is 16.9. The summed E-state index contributed by atoms with van der Waals surface area (Å²) in [6, 6.07) is 0.759. The molecule has 0 aromatic carbocycles. The molecule has 1 aromatic heterocycles. The van der Waals surface area contributed by atoms with Gasteiger partial charge in [-0.3, -0.25) is 4.79 Å². The van der Waals surface area contributed by atoms with Crippen molar-refractivity contribution < 1.29 is 0 Å². The topological polar surface area (TPSA) is 50.2 Å². The number of piperidine rings is 1. The zero-order valence-electron chi connectivity index (χ0n) is 12.8. The van der Waals surface area contributed by atoms with Gasteiger partial charge in [-0.2, -0.15) is 0 Å². The Kier molecular flexibility index (Phi) is 5.17. The molecule has 1 saturated heterocycles. The van der Waals surface area contributed by atoms with E-state index >= 15 is 0 Å². The third-order valence-electron chi connectivity index (χ3n) is 3.88. The Morgan fingerprint density at radius 2 is 2.10 bits per heavy atom. The maximum Gasteiger partial charge on any atom is 0.293 e. The lowest BCUT2D eigenvalue weighted by atomic mass is 10.1. The molecule has 1 aromatic rings. The molecule has 112 valence electrons. The Hall–Kier alpha value is -1.36. The van der Waals surface area contributed by atoms with Crippen molar-refractivity contribution in [2.75, 3.05) is 24.5 Å². The van der Waals surface area contributed by atoms with Gasteiger partial charge in [0.15, 0.2) is 5.82 Å². The third kappa shape index (κ3) is 3.39. The van der Waals surface area contributed by atoms with Crippen molar-refractivity contribution in [3.63, 3.8) is 0 Å². The van der Waals surface area contributed by atoms with Crippen LogP contribution < -0.4 is 15.8 Å². The molecular weight excluding hydrogens is 252 g/mol. The highest BCUT2D eigenvalue weighted by Crippen LogP contribution is 2.15. The highest BCUT2D eigenvalue weighted by Gasteiger charge is 2.22. The molecule has 1 aliphatic heterocycles. The summed E-state index contributed by atoms with van der Waals surface area (Å²) in [5.74, 6) is 0.607. The monoisotopic (exact) mass is 278 g/mol. The van der Waals surface area contributed by atoms with E-state index in [1.807, 2.05) is 13.8 Å². The zero-order chi connectivity index (χ0) is 14.5. The molecule has 2 heterocycles. The van der Waals surface area contributed by atoms with Crippen molar-refractivity contribution in [1.29, 1.82) is 0 Å². The lowest BCUT2D eigenvalue weighted by Crippen LogP contribution is -2.45. The van der Waals surface area contributed by atoms with Gasteiger partial charge in [-0.15, -0.1) is 0 Å². The number of nitrogens with one attached hydrogen (secondary N) is 1. The number of nitrogens with zero attached hydrogens (tertiary/aromatic N) is 3. The van der Waals surface area contributed by atoms with E-state index in [2.05, 4.69) is 22.1 Å². The van der Waals surface area contributed by atoms with Gasteiger partial charge in [0.2, 0.25) is 0 Å². The van der Waals surface area contributed by atoms with Crippen LogP contribution >= 0.6 is 0 Å². The fourth-order valence-electron chi connectivity index (χ4n) is 2.68. The summed E-state index contributed by atoms with van der Waals surface area (Å²) in [6.45, 7) is 9.12. The van der Waals surface area contributed by atoms with Crippen molar-refractivity contribution >= 4 is 5.82 Å². The van der Waals surface area contributed by atoms with Crippen molar-refractivity contribution in [1.82, 2.24) is 14.9 Å². The van der Waals surface area contributed by atoms with E-state index < -0.39 is 0 Å². The maximum absolute atomic E-state index is 12.4. The molecule has 0 bridgehead atoms. The van der Waals surface area contributed by atoms with Crippen LogP contribution in [0.1, 0.15) is 46.1 Å². The van der Waals surface area contributed by atoms with Crippen LogP contribution in [-0.2, 0) is 0 Å². The van der Waals surface area contributed by atoms with Crippen LogP contribution in [-0.4, -0.2) is 35.2 Å². The largest absolute Gasteiger partial charge is 0.352 e. The first-order valence-corrected chi connectivity index (χ1v) is 7.69. The fraction of sp³-hybridized carbons (Fsp3) is 0.733. The minimum atomic E-state index is 0.0301. The Bertz CT molecular complexity index is 475. The van der Waals surface area contributed by atoms with E-state index in [-0.39, 0.29) is 11.6 Å². The van der Waals surface area contributed by atoms with Crippen LogP contribution in [0.5, 0.6) is 0 Å². The summed E-state index contributed by atoms with van der Waals surface area (Å²) in [7, 11) is 0. The Morgan fingerprint density at radius 3 is 2.70 bits per heavy atom. The first-order chi connectivity index (χ1) is 9.63. The highest BCUT2D eigenvalue weighted by atomic mass is 16.1. The van der Waals surface area contributed by atoms with Gasteiger partial charge in [0.25, 0.3) is 5.56 Å². The van der Waals surface area contributed by atoms with Gasteiger partial charge in [-0.05, 0) is 39.7 Å². The van der Waals surface area contributed by atoms with E-state index in [0.717, 1.165) is 32.5 Å². The highest BCUT2D eigenvalue weighted by molar-refractivity contribution is 5.36. The second-order valence-electron chi connectivity index (χ2n) is 5.77. The predicted octanol–water partition coefficient (Wildman–Crippen LogP) is 1.79. The lowest BCUT2D eigenvalue weighted by Gasteiger charge is -2.33. The summed E-state index contributed by atoms with van der Waals surface area (Å²) in [5.41, 5.74) is 0.0301. The molecule has 1 N–H and O–H groups in total.